The van der Waals surface area contributed by atoms with Crippen LogP contribution in [0.2, 0.25) is 0 Å². The zero-order valence-corrected chi connectivity index (χ0v) is 21.0. The van der Waals surface area contributed by atoms with Crippen molar-refractivity contribution in [3.05, 3.63) is 72.6 Å². The van der Waals surface area contributed by atoms with Gasteiger partial charge in [-0.05, 0) is 47.0 Å². The lowest BCUT2D eigenvalue weighted by atomic mass is 9.85. The van der Waals surface area contributed by atoms with Crippen LogP contribution < -0.4 is 15.8 Å². The van der Waals surface area contributed by atoms with Crippen molar-refractivity contribution >= 4 is 54.1 Å². The summed E-state index contributed by atoms with van der Waals surface area (Å²) in [6.07, 6.45) is -1.41. The Kier molecular flexibility index (Phi) is 7.43. The third-order valence-corrected chi connectivity index (χ3v) is 9.09. The van der Waals surface area contributed by atoms with Crippen LogP contribution in [0.15, 0.2) is 71.2 Å². The third-order valence-electron chi connectivity index (χ3n) is 5.99. The molecule has 0 bridgehead atoms. The molecule has 1 unspecified atom stereocenters. The highest BCUT2D eigenvalue weighted by atomic mass is 32.2. The van der Waals surface area contributed by atoms with Crippen LogP contribution in [0.1, 0.15) is 18.0 Å². The summed E-state index contributed by atoms with van der Waals surface area (Å²) in [6, 6.07) is 15.7. The van der Waals surface area contributed by atoms with E-state index >= 15 is 0 Å². The Labute approximate surface area is 218 Å². The number of nitrogens with two attached hydrogens (primary N) is 1. The van der Waals surface area contributed by atoms with Crippen LogP contribution in [0, 0.1) is 0 Å². The molecule has 0 aliphatic carbocycles. The number of carbonyl (C=O) groups is 2. The van der Waals surface area contributed by atoms with Gasteiger partial charge in [0.25, 0.3) is 10.0 Å². The molecule has 9 nitrogen and oxygen atoms in total. The first-order valence-electron chi connectivity index (χ1n) is 11.0. The van der Waals surface area contributed by atoms with Crippen molar-refractivity contribution in [2.45, 2.75) is 28.4 Å². The number of aromatic nitrogens is 1. The number of fused-ring (bicyclic) bond motifs is 2. The first-order valence-corrected chi connectivity index (χ1v) is 13.3. The number of sulfonamides is 1. The number of hydrogen-bond donors (Lipinski definition) is 4. The zero-order valence-electron chi connectivity index (χ0n) is 19.4. The molecule has 1 saturated heterocycles. The highest BCUT2D eigenvalue weighted by Crippen LogP contribution is 2.35. The van der Waals surface area contributed by atoms with Gasteiger partial charge in [0, 0.05) is 29.0 Å². The van der Waals surface area contributed by atoms with Crippen molar-refractivity contribution < 1.29 is 36.3 Å². The number of alkyl halides is 3. The second kappa shape index (κ2) is 10.3. The molecule has 5 rings (SSSR count). The fourth-order valence-electron chi connectivity index (χ4n) is 4.06. The van der Waals surface area contributed by atoms with Crippen LogP contribution in [0.5, 0.6) is 0 Å². The summed E-state index contributed by atoms with van der Waals surface area (Å²) < 4.78 is 62.0. The molecule has 2 aromatic heterocycles. The van der Waals surface area contributed by atoms with Crippen molar-refractivity contribution in [2.75, 3.05) is 6.54 Å². The van der Waals surface area contributed by atoms with Gasteiger partial charge < -0.3 is 16.2 Å². The first kappa shape index (κ1) is 27.4. The van der Waals surface area contributed by atoms with Crippen LogP contribution in [0.4, 0.5) is 13.2 Å². The molecule has 1 aliphatic rings. The van der Waals surface area contributed by atoms with E-state index in [4.69, 9.17) is 15.6 Å². The summed E-state index contributed by atoms with van der Waals surface area (Å²) in [5, 5.41) is 12.6. The summed E-state index contributed by atoms with van der Waals surface area (Å²) in [5.41, 5.74) is 5.75. The van der Waals surface area contributed by atoms with Crippen LogP contribution in [0.3, 0.4) is 0 Å². The Morgan fingerprint density at radius 2 is 1.84 bits per heavy atom. The van der Waals surface area contributed by atoms with Gasteiger partial charge >= 0.3 is 12.1 Å². The number of hydrogen-bond acceptors (Lipinski definition) is 7. The van der Waals surface area contributed by atoms with Crippen LogP contribution >= 0.6 is 11.3 Å². The Morgan fingerprint density at radius 3 is 2.47 bits per heavy atom. The number of nitrogens with one attached hydrogen (secondary N) is 2. The lowest BCUT2D eigenvalue weighted by molar-refractivity contribution is -0.192. The van der Waals surface area contributed by atoms with E-state index in [2.05, 4.69) is 15.0 Å². The molecule has 0 spiro atoms. The third kappa shape index (κ3) is 5.48. The number of benzene rings is 2. The molecule has 2 atom stereocenters. The van der Waals surface area contributed by atoms with E-state index < -0.39 is 39.7 Å². The van der Waals surface area contributed by atoms with Crippen molar-refractivity contribution in [1.29, 1.82) is 0 Å². The largest absolute Gasteiger partial charge is 0.490 e. The summed E-state index contributed by atoms with van der Waals surface area (Å²) >= 11 is 1.17. The summed E-state index contributed by atoms with van der Waals surface area (Å²) in [6.45, 7) is 0.344. The lowest BCUT2D eigenvalue weighted by Gasteiger charge is -2.33. The number of thiophene rings is 1. The molecule has 0 saturated carbocycles. The maximum Gasteiger partial charge on any atom is 0.490 e. The maximum atomic E-state index is 13.3. The molecule has 1 aliphatic heterocycles. The van der Waals surface area contributed by atoms with Gasteiger partial charge in [-0.1, -0.05) is 30.3 Å². The van der Waals surface area contributed by atoms with Gasteiger partial charge in [-0.3, -0.25) is 9.78 Å². The standard InChI is InChI=1S/C22H20N4O3S2.C2HF3O2/c23-20(16-6-5-14-7-9-24-13-17(14)11-16)22(8-10-25-21(22)27)26-31(28,29)19-12-15-3-1-2-4-18(15)30-19;3-2(4,5)1(6)7/h1-7,9,11-13,20,26H,8,10,23H2,(H,25,27);(H,6,7)/t20?,22-;/m0./s1. The number of rotatable bonds is 5. The predicted octanol–water partition coefficient (Wildman–Crippen LogP) is 3.32. The molecule has 14 heteroatoms. The average molecular weight is 567 g/mol. The monoisotopic (exact) mass is 566 g/mol. The summed E-state index contributed by atoms with van der Waals surface area (Å²) in [5.74, 6) is -3.18. The Balaban J connectivity index is 0.000000426. The van der Waals surface area contributed by atoms with Crippen molar-refractivity contribution in [1.82, 2.24) is 15.0 Å². The fourth-order valence-corrected chi connectivity index (χ4v) is 6.87. The second-order valence-corrected chi connectivity index (χ2v) is 11.4. The van der Waals surface area contributed by atoms with Gasteiger partial charge in [0.2, 0.25) is 5.91 Å². The highest BCUT2D eigenvalue weighted by Gasteiger charge is 2.51. The fraction of sp³-hybridized carbons (Fsp3) is 0.208. The number of amides is 1. The number of carbonyl (C=O) groups excluding carboxylic acids is 1. The minimum atomic E-state index is -5.08. The number of carboxylic acid groups (broad SMARTS) is 1. The molecule has 38 heavy (non-hydrogen) atoms. The number of pyridine rings is 1. The number of nitrogens with zero attached hydrogens (tertiary/aromatic N) is 1. The van der Waals surface area contributed by atoms with E-state index in [1.807, 2.05) is 48.5 Å². The van der Waals surface area contributed by atoms with E-state index in [0.29, 0.717) is 12.1 Å². The van der Waals surface area contributed by atoms with Gasteiger partial charge in [-0.25, -0.2) is 13.2 Å². The van der Waals surface area contributed by atoms with Crippen LogP contribution in [0.25, 0.3) is 20.9 Å². The molecular formula is C24H21F3N4O5S2. The highest BCUT2D eigenvalue weighted by molar-refractivity contribution is 7.91. The minimum absolute atomic E-state index is 0.155. The topological polar surface area (TPSA) is 151 Å². The van der Waals surface area contributed by atoms with Gasteiger partial charge in [0.15, 0.2) is 0 Å². The SMILES string of the molecule is NC(c1ccc2ccncc2c1)[C@@]1(NS(=O)(=O)c2cc3ccccc3s2)CCNC1=O.O=C(O)C(F)(F)F. The number of carboxylic acids is 1. The molecular weight excluding hydrogens is 545 g/mol. The van der Waals surface area contributed by atoms with Gasteiger partial charge in [-0.2, -0.15) is 17.9 Å². The number of halogens is 3. The normalized spacial score (nSPS) is 18.6. The lowest BCUT2D eigenvalue weighted by Crippen LogP contribution is -2.59. The maximum absolute atomic E-state index is 13.3. The van der Waals surface area contributed by atoms with E-state index in [0.717, 1.165) is 20.9 Å². The zero-order chi connectivity index (χ0) is 27.7. The van der Waals surface area contributed by atoms with Gasteiger partial charge in [0.05, 0.1) is 6.04 Å². The van der Waals surface area contributed by atoms with E-state index in [1.54, 1.807) is 18.5 Å². The van der Waals surface area contributed by atoms with Crippen LogP contribution in [-0.2, 0) is 19.6 Å². The van der Waals surface area contributed by atoms with E-state index in [9.17, 15) is 26.4 Å². The van der Waals surface area contributed by atoms with Crippen molar-refractivity contribution in [3.8, 4) is 0 Å². The molecule has 3 heterocycles. The molecule has 200 valence electrons. The van der Waals surface area contributed by atoms with E-state index in [1.165, 1.54) is 11.3 Å². The van der Waals surface area contributed by atoms with Crippen molar-refractivity contribution in [2.24, 2.45) is 5.73 Å². The Hall–Kier alpha value is -3.59. The van der Waals surface area contributed by atoms with Gasteiger partial charge in [-0.15, -0.1) is 11.3 Å². The quantitative estimate of drug-likeness (QED) is 0.289. The molecule has 4 aromatic rings. The molecule has 5 N–H and O–H groups in total. The average Bonchev–Trinajstić information content (AvgIpc) is 3.47. The summed E-state index contributed by atoms with van der Waals surface area (Å²) in [4.78, 5) is 26.0. The first-order chi connectivity index (χ1) is 17.8. The van der Waals surface area contributed by atoms with Crippen molar-refractivity contribution in [3.63, 3.8) is 0 Å². The molecule has 1 fully saturated rings. The Bertz CT molecular complexity index is 1590. The Morgan fingerprint density at radius 1 is 1.13 bits per heavy atom. The summed E-state index contributed by atoms with van der Waals surface area (Å²) in [7, 11) is -3.98. The van der Waals surface area contributed by atoms with Gasteiger partial charge in [0.1, 0.15) is 9.75 Å². The number of aliphatic carboxylic acids is 1. The molecule has 1 amide bonds. The predicted molar refractivity (Wildman–Crippen MR) is 135 cm³/mol. The van der Waals surface area contributed by atoms with Crippen LogP contribution in [-0.4, -0.2) is 48.6 Å². The van der Waals surface area contributed by atoms with E-state index in [-0.39, 0.29) is 10.6 Å². The smallest absolute Gasteiger partial charge is 0.475 e. The second-order valence-electron chi connectivity index (χ2n) is 8.45. The molecule has 2 aromatic carbocycles. The minimum Gasteiger partial charge on any atom is -0.475 e. The molecule has 0 radical (unpaired) electrons.